The lowest BCUT2D eigenvalue weighted by atomic mass is 10.2. The summed E-state index contributed by atoms with van der Waals surface area (Å²) in [5.41, 5.74) is 0.675. The smallest absolute Gasteiger partial charge is 0.279 e. The van der Waals surface area contributed by atoms with Crippen LogP contribution < -0.4 is 19.7 Å². The number of ether oxygens (including phenoxy) is 2. The number of carbonyl (C=O) groups excluding carboxylic acids is 1. The molecule has 0 aliphatic carbocycles. The second-order valence-corrected chi connectivity index (χ2v) is 5.44. The minimum absolute atomic E-state index is 0.0953. The maximum atomic E-state index is 12.0. The van der Waals surface area contributed by atoms with E-state index in [2.05, 4.69) is 11.9 Å². The highest BCUT2D eigenvalue weighted by Gasteiger charge is 2.12. The average molecular weight is 328 g/mol. The summed E-state index contributed by atoms with van der Waals surface area (Å²) in [6.07, 6.45) is 0. The highest BCUT2D eigenvalue weighted by Crippen LogP contribution is 2.30. The Balaban J connectivity index is 2.70. The summed E-state index contributed by atoms with van der Waals surface area (Å²) < 4.78 is 11.0. The van der Waals surface area contributed by atoms with Gasteiger partial charge in [-0.3, -0.25) is 4.79 Å². The summed E-state index contributed by atoms with van der Waals surface area (Å²) in [6, 6.07) is 5.35. The number of anilines is 1. The van der Waals surface area contributed by atoms with Crippen molar-refractivity contribution in [2.24, 2.45) is 0 Å². The van der Waals surface area contributed by atoms with Crippen molar-refractivity contribution in [2.45, 2.75) is 13.8 Å². The van der Waals surface area contributed by atoms with Crippen molar-refractivity contribution in [1.82, 2.24) is 0 Å². The number of carbonyl (C=O) groups is 1. The number of benzene rings is 1. The normalized spacial score (nSPS) is 11.6. The molecule has 22 heavy (non-hydrogen) atoms. The van der Waals surface area contributed by atoms with Gasteiger partial charge in [0.2, 0.25) is 0 Å². The Bertz CT molecular complexity index is 520. The molecule has 1 amide bonds. The lowest BCUT2D eigenvalue weighted by Gasteiger charge is -2.15. The molecule has 5 nitrogen and oxygen atoms in total. The van der Waals surface area contributed by atoms with Crippen molar-refractivity contribution < 1.29 is 19.2 Å². The minimum Gasteiger partial charge on any atom is -0.490 e. The van der Waals surface area contributed by atoms with Gasteiger partial charge >= 0.3 is 0 Å². The van der Waals surface area contributed by atoms with Gasteiger partial charge in [-0.15, -0.1) is 0 Å². The van der Waals surface area contributed by atoms with E-state index in [0.717, 1.165) is 4.90 Å². The predicted molar refractivity (Wildman–Crippen MR) is 89.0 cm³/mol. The van der Waals surface area contributed by atoms with Crippen molar-refractivity contribution in [3.8, 4) is 11.5 Å². The number of quaternary nitrogens is 1. The van der Waals surface area contributed by atoms with Crippen molar-refractivity contribution in [1.29, 1.82) is 0 Å². The topological polar surface area (TPSA) is 52.0 Å². The van der Waals surface area contributed by atoms with Crippen LogP contribution in [0.1, 0.15) is 13.8 Å². The van der Waals surface area contributed by atoms with Gasteiger partial charge in [0.1, 0.15) is 6.54 Å². The Kier molecular flexibility index (Phi) is 7.77. The van der Waals surface area contributed by atoms with Gasteiger partial charge in [-0.05, 0) is 26.0 Å². The first-order valence-corrected chi connectivity index (χ1v) is 7.68. The van der Waals surface area contributed by atoms with Crippen LogP contribution in [0.4, 0.5) is 5.69 Å². The summed E-state index contributed by atoms with van der Waals surface area (Å²) >= 11 is 5.74. The molecule has 6 heteroatoms. The number of likely N-dealkylation sites (N-methyl/N-ethyl adjacent to an activating group) is 1. The monoisotopic (exact) mass is 327 g/mol. The lowest BCUT2D eigenvalue weighted by Crippen LogP contribution is -3.10. The van der Waals surface area contributed by atoms with E-state index in [9.17, 15) is 4.79 Å². The van der Waals surface area contributed by atoms with Gasteiger partial charge in [0.25, 0.3) is 5.91 Å². The van der Waals surface area contributed by atoms with Gasteiger partial charge < -0.3 is 19.7 Å². The van der Waals surface area contributed by atoms with E-state index in [4.69, 9.17) is 21.1 Å². The summed E-state index contributed by atoms with van der Waals surface area (Å²) in [5.74, 6) is 1.20. The number of nitrogens with one attached hydrogen (secondary N) is 2. The number of rotatable bonds is 9. The van der Waals surface area contributed by atoms with Crippen LogP contribution in [0.25, 0.3) is 0 Å². The lowest BCUT2D eigenvalue weighted by molar-refractivity contribution is -0.865. The van der Waals surface area contributed by atoms with Gasteiger partial charge in [0, 0.05) is 11.8 Å². The highest BCUT2D eigenvalue weighted by molar-refractivity contribution is 6.29. The largest absolute Gasteiger partial charge is 0.490 e. The van der Waals surface area contributed by atoms with Gasteiger partial charge in [-0.1, -0.05) is 18.2 Å². The third-order valence-corrected chi connectivity index (χ3v) is 2.92. The fraction of sp³-hybridized carbons (Fsp3) is 0.438. The Morgan fingerprint density at radius 1 is 1.23 bits per heavy atom. The van der Waals surface area contributed by atoms with Crippen LogP contribution in [0, 0.1) is 0 Å². The van der Waals surface area contributed by atoms with Crippen LogP contribution in [0.15, 0.2) is 29.8 Å². The van der Waals surface area contributed by atoms with E-state index in [1.54, 1.807) is 18.2 Å². The van der Waals surface area contributed by atoms with Gasteiger partial charge in [0.05, 0.1) is 25.3 Å². The van der Waals surface area contributed by atoms with Gasteiger partial charge in [-0.2, -0.15) is 0 Å². The predicted octanol–water partition coefficient (Wildman–Crippen LogP) is 1.69. The fourth-order valence-corrected chi connectivity index (χ4v) is 2.23. The molecule has 122 valence electrons. The van der Waals surface area contributed by atoms with Crippen LogP contribution in [-0.2, 0) is 4.79 Å². The van der Waals surface area contributed by atoms with Gasteiger partial charge in [0.15, 0.2) is 18.0 Å². The van der Waals surface area contributed by atoms with E-state index in [1.165, 1.54) is 0 Å². The van der Waals surface area contributed by atoms with Crippen molar-refractivity contribution in [3.05, 3.63) is 29.8 Å². The third kappa shape index (κ3) is 6.37. The Labute approximate surface area is 136 Å². The van der Waals surface area contributed by atoms with Gasteiger partial charge in [-0.25, -0.2) is 0 Å². The zero-order chi connectivity index (χ0) is 16.5. The third-order valence-electron chi connectivity index (χ3n) is 2.78. The van der Waals surface area contributed by atoms with Crippen LogP contribution in [-0.4, -0.2) is 39.3 Å². The van der Waals surface area contributed by atoms with Crippen LogP contribution in [0.5, 0.6) is 11.5 Å². The van der Waals surface area contributed by atoms with Crippen molar-refractivity contribution in [2.75, 3.05) is 38.7 Å². The number of amides is 1. The summed E-state index contributed by atoms with van der Waals surface area (Å²) in [4.78, 5) is 13.0. The molecule has 1 aromatic rings. The molecule has 0 bridgehead atoms. The first-order valence-electron chi connectivity index (χ1n) is 7.30. The summed E-state index contributed by atoms with van der Waals surface area (Å²) in [7, 11) is 1.89. The van der Waals surface area contributed by atoms with E-state index in [0.29, 0.717) is 48.5 Å². The molecular formula is C16H24ClN2O3+. The van der Waals surface area contributed by atoms with E-state index in [-0.39, 0.29) is 5.91 Å². The molecule has 0 spiro atoms. The van der Waals surface area contributed by atoms with Crippen LogP contribution in [0.3, 0.4) is 0 Å². The molecule has 0 aromatic heterocycles. The number of halogens is 1. The van der Waals surface area contributed by atoms with Crippen molar-refractivity contribution >= 4 is 23.2 Å². The summed E-state index contributed by atoms with van der Waals surface area (Å²) in [5, 5.41) is 3.38. The fourth-order valence-electron chi connectivity index (χ4n) is 2.00. The SMILES string of the molecule is C=C(Cl)C[NH+](C)CC(=O)Nc1ccc(OCC)c(OCC)c1. The number of hydrogen-bond acceptors (Lipinski definition) is 3. The van der Waals surface area contributed by atoms with Crippen LogP contribution >= 0.6 is 11.6 Å². The molecule has 0 aliphatic heterocycles. The first-order chi connectivity index (χ1) is 10.5. The minimum atomic E-state index is -0.0953. The molecule has 0 radical (unpaired) electrons. The first kappa shape index (κ1) is 18.3. The second-order valence-electron chi connectivity index (χ2n) is 4.90. The van der Waals surface area contributed by atoms with Crippen molar-refractivity contribution in [3.63, 3.8) is 0 Å². The van der Waals surface area contributed by atoms with Crippen LogP contribution in [0.2, 0.25) is 0 Å². The molecule has 1 rings (SSSR count). The second kappa shape index (κ2) is 9.33. The Morgan fingerprint density at radius 2 is 1.86 bits per heavy atom. The number of hydrogen-bond donors (Lipinski definition) is 2. The summed E-state index contributed by atoms with van der Waals surface area (Å²) in [6.45, 7) is 9.38. The van der Waals surface area contributed by atoms with E-state index in [1.807, 2.05) is 20.9 Å². The molecule has 1 unspecified atom stereocenters. The standard InChI is InChI=1S/C16H23ClN2O3/c1-5-21-14-8-7-13(9-15(14)22-6-2)18-16(20)11-19(4)10-12(3)17/h7-9H,3,5-6,10-11H2,1-2,4H3,(H,18,20)/p+1. The van der Waals surface area contributed by atoms with E-state index >= 15 is 0 Å². The average Bonchev–Trinajstić information content (AvgIpc) is 2.41. The Hall–Kier alpha value is -1.72. The zero-order valence-corrected chi connectivity index (χ0v) is 14.1. The maximum absolute atomic E-state index is 12.0. The molecule has 0 aliphatic rings. The molecule has 0 heterocycles. The molecule has 0 saturated carbocycles. The molecule has 1 aromatic carbocycles. The molecular weight excluding hydrogens is 304 g/mol. The molecule has 1 atom stereocenters. The Morgan fingerprint density at radius 3 is 2.45 bits per heavy atom. The zero-order valence-electron chi connectivity index (χ0n) is 13.4. The molecule has 0 fully saturated rings. The molecule has 2 N–H and O–H groups in total. The highest BCUT2D eigenvalue weighted by atomic mass is 35.5. The maximum Gasteiger partial charge on any atom is 0.279 e. The molecule has 0 saturated heterocycles. The quantitative estimate of drug-likeness (QED) is 0.725. The van der Waals surface area contributed by atoms with E-state index < -0.39 is 0 Å².